The molecule has 0 radical (unpaired) electrons. The number of anilines is 2. The molecular formula is C17H20Cl2N4OS2. The van der Waals surface area contributed by atoms with Crippen LogP contribution >= 0.6 is 47.5 Å². The first kappa shape index (κ1) is 20.9. The fourth-order valence-electron chi connectivity index (χ4n) is 2.55. The molecule has 0 saturated carbocycles. The molecule has 1 aliphatic rings. The van der Waals surface area contributed by atoms with Gasteiger partial charge in [-0.25, -0.2) is 4.98 Å². The van der Waals surface area contributed by atoms with E-state index in [0.717, 1.165) is 44.9 Å². The third-order valence-corrected chi connectivity index (χ3v) is 6.19. The van der Waals surface area contributed by atoms with E-state index in [1.807, 2.05) is 24.3 Å². The highest BCUT2D eigenvalue weighted by Crippen LogP contribution is 2.34. The van der Waals surface area contributed by atoms with Gasteiger partial charge in [-0.05, 0) is 24.6 Å². The van der Waals surface area contributed by atoms with Gasteiger partial charge in [0.05, 0.1) is 9.58 Å². The number of hydrogen-bond donors (Lipinski definition) is 3. The molecule has 0 aliphatic carbocycles. The van der Waals surface area contributed by atoms with E-state index in [0.29, 0.717) is 5.92 Å². The number of aryl methyl sites for hydroxylation is 1. The monoisotopic (exact) mass is 430 g/mol. The number of thiophene rings is 1. The second-order valence-corrected chi connectivity index (χ2v) is 8.03. The number of carbonyl (C=O) groups is 1. The number of para-hydroxylation sites is 1. The normalized spacial score (nSPS) is 13.4. The van der Waals surface area contributed by atoms with Gasteiger partial charge in [0.15, 0.2) is 5.13 Å². The van der Waals surface area contributed by atoms with Gasteiger partial charge in [-0.1, -0.05) is 29.5 Å². The number of amides is 1. The van der Waals surface area contributed by atoms with E-state index in [1.54, 1.807) is 11.3 Å². The molecule has 4 rings (SSSR count). The van der Waals surface area contributed by atoms with Gasteiger partial charge in [-0.3, -0.25) is 4.79 Å². The Hall–Kier alpha value is -1.38. The van der Waals surface area contributed by atoms with Crippen molar-refractivity contribution in [2.24, 2.45) is 5.92 Å². The lowest BCUT2D eigenvalue weighted by Gasteiger charge is -2.26. The first-order valence-electron chi connectivity index (χ1n) is 7.91. The Kier molecular flexibility index (Phi) is 7.25. The summed E-state index contributed by atoms with van der Waals surface area (Å²) in [7, 11) is 0. The zero-order valence-electron chi connectivity index (χ0n) is 14.1. The van der Waals surface area contributed by atoms with Gasteiger partial charge in [0, 0.05) is 31.2 Å². The molecule has 3 N–H and O–H groups in total. The van der Waals surface area contributed by atoms with Gasteiger partial charge < -0.3 is 16.0 Å². The maximum Gasteiger partial charge on any atom is 0.261 e. The Morgan fingerprint density at radius 3 is 2.69 bits per heavy atom. The van der Waals surface area contributed by atoms with Crippen molar-refractivity contribution in [1.82, 2.24) is 15.6 Å². The summed E-state index contributed by atoms with van der Waals surface area (Å²) < 4.78 is 1.05. The van der Waals surface area contributed by atoms with Gasteiger partial charge in [0.2, 0.25) is 0 Å². The molecule has 0 spiro atoms. The van der Waals surface area contributed by atoms with Gasteiger partial charge in [0.25, 0.3) is 5.91 Å². The molecule has 1 amide bonds. The van der Waals surface area contributed by atoms with E-state index in [1.165, 1.54) is 16.9 Å². The summed E-state index contributed by atoms with van der Waals surface area (Å²) in [6, 6.07) is 10.1. The molecule has 26 heavy (non-hydrogen) atoms. The van der Waals surface area contributed by atoms with Crippen LogP contribution in [-0.4, -0.2) is 30.5 Å². The van der Waals surface area contributed by atoms with Crippen LogP contribution in [0.25, 0.3) is 9.53 Å². The smallest absolute Gasteiger partial charge is 0.261 e. The number of rotatable bonds is 5. The minimum atomic E-state index is 0. The van der Waals surface area contributed by atoms with Crippen molar-refractivity contribution in [3.05, 3.63) is 40.8 Å². The largest absolute Gasteiger partial charge is 0.351 e. The zero-order chi connectivity index (χ0) is 16.5. The van der Waals surface area contributed by atoms with Crippen molar-refractivity contribution >= 4 is 73.7 Å². The molecule has 1 fully saturated rings. The maximum absolute atomic E-state index is 12.2. The van der Waals surface area contributed by atoms with E-state index >= 15 is 0 Å². The van der Waals surface area contributed by atoms with E-state index in [2.05, 4.69) is 33.9 Å². The molecule has 0 unspecified atom stereocenters. The van der Waals surface area contributed by atoms with Gasteiger partial charge in [0.1, 0.15) is 4.83 Å². The third-order valence-electron chi connectivity index (χ3n) is 4.12. The highest BCUT2D eigenvalue weighted by atomic mass is 35.5. The van der Waals surface area contributed by atoms with Crippen LogP contribution in [0.4, 0.5) is 10.8 Å². The molecule has 5 nitrogen and oxygen atoms in total. The summed E-state index contributed by atoms with van der Waals surface area (Å²) in [5.41, 5.74) is 2.24. The summed E-state index contributed by atoms with van der Waals surface area (Å²) >= 11 is 3.03. The topological polar surface area (TPSA) is 66.0 Å². The lowest BCUT2D eigenvalue weighted by molar-refractivity contribution is 0.0946. The number of hydrogen-bond acceptors (Lipinski definition) is 6. The molecule has 1 saturated heterocycles. The number of benzene rings is 1. The quantitative estimate of drug-likeness (QED) is 0.567. The highest BCUT2D eigenvalue weighted by Gasteiger charge is 2.19. The summed E-state index contributed by atoms with van der Waals surface area (Å²) in [4.78, 5) is 18.5. The molecule has 140 valence electrons. The van der Waals surface area contributed by atoms with Gasteiger partial charge in [-0.2, -0.15) is 0 Å². The Balaban J connectivity index is 0.00000121. The first-order valence-corrected chi connectivity index (χ1v) is 9.54. The van der Waals surface area contributed by atoms with Crippen molar-refractivity contribution in [2.75, 3.05) is 25.0 Å². The van der Waals surface area contributed by atoms with Crippen molar-refractivity contribution in [2.45, 2.75) is 6.92 Å². The zero-order valence-corrected chi connectivity index (χ0v) is 17.3. The van der Waals surface area contributed by atoms with Crippen LogP contribution in [0.2, 0.25) is 0 Å². The number of fused-ring (bicyclic) bond motifs is 1. The van der Waals surface area contributed by atoms with Crippen LogP contribution in [0, 0.1) is 12.8 Å². The van der Waals surface area contributed by atoms with E-state index in [-0.39, 0.29) is 30.7 Å². The number of halogens is 2. The van der Waals surface area contributed by atoms with Crippen molar-refractivity contribution in [3.63, 3.8) is 0 Å². The summed E-state index contributed by atoms with van der Waals surface area (Å²) in [6.07, 6.45) is 0. The second-order valence-electron chi connectivity index (χ2n) is 5.97. The molecule has 9 heteroatoms. The minimum Gasteiger partial charge on any atom is -0.351 e. The fourth-order valence-corrected chi connectivity index (χ4v) is 4.59. The Bertz CT molecular complexity index is 860. The predicted molar refractivity (Wildman–Crippen MR) is 115 cm³/mol. The molecule has 3 heterocycles. The summed E-state index contributed by atoms with van der Waals surface area (Å²) in [5.74, 6) is 0.573. The van der Waals surface area contributed by atoms with Crippen LogP contribution in [0.5, 0.6) is 0 Å². The van der Waals surface area contributed by atoms with E-state index in [4.69, 9.17) is 0 Å². The molecular weight excluding hydrogens is 411 g/mol. The Morgan fingerprint density at radius 1 is 1.27 bits per heavy atom. The van der Waals surface area contributed by atoms with Crippen molar-refractivity contribution < 1.29 is 4.79 Å². The molecule has 1 aromatic carbocycles. The Labute approximate surface area is 172 Å². The minimum absolute atomic E-state index is 0. The standard InChI is InChI=1S/C17H18N4OS2.2ClH/c1-10-4-2-3-5-12(10)20-17-21-16-14(24-17)6-13(23-16)15(22)19-9-11-7-18-8-11;;/h2-6,11,18H,7-9H2,1H3,(H,19,22)(H,20,21);2*1H. The summed E-state index contributed by atoms with van der Waals surface area (Å²) in [5, 5.41) is 10.4. The van der Waals surface area contributed by atoms with Gasteiger partial charge in [-0.15, -0.1) is 36.2 Å². The lowest BCUT2D eigenvalue weighted by atomic mass is 10.0. The SMILES string of the molecule is Cc1ccccc1Nc1nc2sc(C(=O)NCC3CNC3)cc2s1.Cl.Cl. The average Bonchev–Trinajstić information content (AvgIpc) is 3.06. The summed E-state index contributed by atoms with van der Waals surface area (Å²) in [6.45, 7) is 4.80. The van der Waals surface area contributed by atoms with Crippen molar-refractivity contribution in [1.29, 1.82) is 0 Å². The fraction of sp³-hybridized carbons (Fsp3) is 0.294. The number of nitrogens with one attached hydrogen (secondary N) is 3. The molecule has 1 aliphatic heterocycles. The molecule has 0 bridgehead atoms. The lowest BCUT2D eigenvalue weighted by Crippen LogP contribution is -2.48. The van der Waals surface area contributed by atoms with Crippen LogP contribution < -0.4 is 16.0 Å². The van der Waals surface area contributed by atoms with E-state index in [9.17, 15) is 4.79 Å². The van der Waals surface area contributed by atoms with Crippen LogP contribution in [-0.2, 0) is 0 Å². The van der Waals surface area contributed by atoms with Crippen LogP contribution in [0.3, 0.4) is 0 Å². The molecule has 3 aromatic rings. The molecule has 2 aromatic heterocycles. The number of nitrogens with zero attached hydrogens (tertiary/aromatic N) is 1. The van der Waals surface area contributed by atoms with Gasteiger partial charge >= 0.3 is 0 Å². The number of thiazole rings is 1. The number of aromatic nitrogens is 1. The molecule has 0 atom stereocenters. The third kappa shape index (κ3) is 4.47. The van der Waals surface area contributed by atoms with E-state index < -0.39 is 0 Å². The first-order chi connectivity index (χ1) is 11.7. The predicted octanol–water partition coefficient (Wildman–Crippen LogP) is 4.20. The van der Waals surface area contributed by atoms with Crippen molar-refractivity contribution in [3.8, 4) is 0 Å². The Morgan fingerprint density at radius 2 is 2.04 bits per heavy atom. The second kappa shape index (κ2) is 9.01. The number of carbonyl (C=O) groups excluding carboxylic acids is 1. The maximum atomic E-state index is 12.2. The van der Waals surface area contributed by atoms with Crippen LogP contribution in [0.1, 0.15) is 15.2 Å². The average molecular weight is 431 g/mol. The van der Waals surface area contributed by atoms with Crippen LogP contribution in [0.15, 0.2) is 30.3 Å². The highest BCUT2D eigenvalue weighted by molar-refractivity contribution is 7.29.